The molecule has 1 aliphatic carbocycles. The smallest absolute Gasteiger partial charge is 0.0831 e. The van der Waals surface area contributed by atoms with Gasteiger partial charge in [0, 0.05) is 22.7 Å². The van der Waals surface area contributed by atoms with Gasteiger partial charge in [0.1, 0.15) is 0 Å². The Bertz CT molecular complexity index is 583. The van der Waals surface area contributed by atoms with Crippen molar-refractivity contribution in [2.75, 3.05) is 7.11 Å². The van der Waals surface area contributed by atoms with Crippen LogP contribution in [0.3, 0.4) is 0 Å². The summed E-state index contributed by atoms with van der Waals surface area (Å²) in [6.07, 6.45) is 3.58. The van der Waals surface area contributed by atoms with Crippen LogP contribution in [0.25, 0.3) is 10.1 Å². The van der Waals surface area contributed by atoms with Crippen molar-refractivity contribution in [2.45, 2.75) is 37.4 Å². The highest BCUT2D eigenvalue weighted by atomic mass is 79.9. The predicted molar refractivity (Wildman–Crippen MR) is 82.7 cm³/mol. The van der Waals surface area contributed by atoms with Crippen LogP contribution in [-0.4, -0.2) is 17.8 Å². The van der Waals surface area contributed by atoms with Gasteiger partial charge in [0.15, 0.2) is 0 Å². The molecule has 0 saturated heterocycles. The minimum atomic E-state index is -0.441. The third-order valence-corrected chi connectivity index (χ3v) is 6.17. The SMILES string of the molecule is COC1(CC(O)c2csc3c(Br)cccc23)CCC1. The molecule has 1 aliphatic rings. The monoisotopic (exact) mass is 340 g/mol. The first-order valence-electron chi connectivity index (χ1n) is 6.54. The van der Waals surface area contributed by atoms with Gasteiger partial charge in [-0.1, -0.05) is 12.1 Å². The molecule has 2 nitrogen and oxygen atoms in total. The molecule has 1 heterocycles. The third-order valence-electron chi connectivity index (χ3n) is 4.20. The molecular formula is C15H17BrO2S. The summed E-state index contributed by atoms with van der Waals surface area (Å²) in [5.74, 6) is 0. The molecule has 102 valence electrons. The maximum Gasteiger partial charge on any atom is 0.0831 e. The first-order valence-corrected chi connectivity index (χ1v) is 8.21. The number of rotatable bonds is 4. The van der Waals surface area contributed by atoms with Gasteiger partial charge in [0.25, 0.3) is 0 Å². The van der Waals surface area contributed by atoms with Crippen LogP contribution < -0.4 is 0 Å². The fraction of sp³-hybridized carbons (Fsp3) is 0.467. The van der Waals surface area contributed by atoms with Crippen LogP contribution >= 0.6 is 27.3 Å². The number of aliphatic hydroxyl groups excluding tert-OH is 1. The van der Waals surface area contributed by atoms with Crippen LogP contribution in [0.15, 0.2) is 28.1 Å². The lowest BCUT2D eigenvalue weighted by Gasteiger charge is -2.41. The molecule has 3 rings (SSSR count). The van der Waals surface area contributed by atoms with E-state index < -0.39 is 6.10 Å². The van der Waals surface area contributed by atoms with E-state index in [9.17, 15) is 5.11 Å². The summed E-state index contributed by atoms with van der Waals surface area (Å²) in [4.78, 5) is 0. The van der Waals surface area contributed by atoms with Gasteiger partial charge in [-0.25, -0.2) is 0 Å². The standard InChI is InChI=1S/C15H17BrO2S/c1-18-15(6-3-7-15)8-13(17)11-9-19-14-10(11)4-2-5-12(14)16/h2,4-5,9,13,17H,3,6-8H2,1H3. The number of ether oxygens (including phenoxy) is 1. The number of thiophene rings is 1. The van der Waals surface area contributed by atoms with E-state index in [0.717, 1.165) is 28.3 Å². The van der Waals surface area contributed by atoms with Crippen molar-refractivity contribution in [1.82, 2.24) is 0 Å². The maximum atomic E-state index is 10.5. The Balaban J connectivity index is 1.89. The molecule has 0 spiro atoms. The van der Waals surface area contributed by atoms with Gasteiger partial charge >= 0.3 is 0 Å². The van der Waals surface area contributed by atoms with Crippen LogP contribution in [0.5, 0.6) is 0 Å². The zero-order valence-electron chi connectivity index (χ0n) is 10.9. The molecule has 1 saturated carbocycles. The highest BCUT2D eigenvalue weighted by Gasteiger charge is 2.39. The van der Waals surface area contributed by atoms with E-state index in [4.69, 9.17) is 4.74 Å². The number of fused-ring (bicyclic) bond motifs is 1. The van der Waals surface area contributed by atoms with Gasteiger partial charge in [-0.3, -0.25) is 0 Å². The Labute approximate surface area is 125 Å². The summed E-state index contributed by atoms with van der Waals surface area (Å²) in [7, 11) is 1.76. The average molecular weight is 341 g/mol. The number of halogens is 1. The Morgan fingerprint density at radius 1 is 1.47 bits per heavy atom. The lowest BCUT2D eigenvalue weighted by molar-refractivity contribution is -0.0996. The van der Waals surface area contributed by atoms with Crippen LogP contribution in [0.1, 0.15) is 37.4 Å². The van der Waals surface area contributed by atoms with Crippen LogP contribution in [0, 0.1) is 0 Å². The summed E-state index contributed by atoms with van der Waals surface area (Å²) >= 11 is 5.24. The largest absolute Gasteiger partial charge is 0.388 e. The second kappa shape index (κ2) is 5.17. The topological polar surface area (TPSA) is 29.5 Å². The summed E-state index contributed by atoms with van der Waals surface area (Å²) in [6, 6.07) is 6.14. The van der Waals surface area contributed by atoms with E-state index in [1.165, 1.54) is 11.1 Å². The van der Waals surface area contributed by atoms with Crippen LogP contribution in [0.2, 0.25) is 0 Å². The van der Waals surface area contributed by atoms with Crippen molar-refractivity contribution in [3.8, 4) is 0 Å². The molecule has 19 heavy (non-hydrogen) atoms. The summed E-state index contributed by atoms with van der Waals surface area (Å²) < 4.78 is 7.91. The second-order valence-corrected chi connectivity index (χ2v) is 7.00. The van der Waals surface area contributed by atoms with Gasteiger partial charge in [0.2, 0.25) is 0 Å². The Morgan fingerprint density at radius 2 is 2.26 bits per heavy atom. The number of benzene rings is 1. The summed E-state index contributed by atoms with van der Waals surface area (Å²) in [5, 5.41) is 13.8. The van der Waals surface area contributed by atoms with Crippen molar-refractivity contribution in [3.05, 3.63) is 33.6 Å². The Morgan fingerprint density at radius 3 is 2.89 bits per heavy atom. The maximum absolute atomic E-state index is 10.5. The van der Waals surface area contributed by atoms with E-state index in [1.54, 1.807) is 18.4 Å². The minimum Gasteiger partial charge on any atom is -0.388 e. The molecule has 1 atom stereocenters. The minimum absolute atomic E-state index is 0.0975. The number of aliphatic hydroxyl groups is 1. The molecular weight excluding hydrogens is 324 g/mol. The Hall–Kier alpha value is -0.420. The van der Waals surface area contributed by atoms with Gasteiger partial charge < -0.3 is 9.84 Å². The summed E-state index contributed by atoms with van der Waals surface area (Å²) in [6.45, 7) is 0. The van der Waals surface area contributed by atoms with Crippen molar-refractivity contribution >= 4 is 37.4 Å². The normalized spacial score (nSPS) is 19.3. The summed E-state index contributed by atoms with van der Waals surface area (Å²) in [5.41, 5.74) is 0.935. The average Bonchev–Trinajstić information content (AvgIpc) is 2.79. The number of hydrogen-bond donors (Lipinski definition) is 1. The molecule has 4 heteroatoms. The van der Waals surface area contributed by atoms with Crippen molar-refractivity contribution < 1.29 is 9.84 Å². The fourth-order valence-electron chi connectivity index (χ4n) is 2.82. The number of methoxy groups -OCH3 is 1. The first-order chi connectivity index (χ1) is 9.15. The fourth-order valence-corrected chi connectivity index (χ4v) is 4.49. The molecule has 1 aromatic carbocycles. The quantitative estimate of drug-likeness (QED) is 0.877. The zero-order valence-corrected chi connectivity index (χ0v) is 13.3. The van der Waals surface area contributed by atoms with E-state index in [2.05, 4.69) is 27.4 Å². The predicted octanol–water partition coefficient (Wildman–Crippen LogP) is 4.66. The second-order valence-electron chi connectivity index (χ2n) is 5.27. The third kappa shape index (κ3) is 2.35. The van der Waals surface area contributed by atoms with E-state index in [1.807, 2.05) is 12.1 Å². The first kappa shape index (κ1) is 13.6. The van der Waals surface area contributed by atoms with Crippen molar-refractivity contribution in [1.29, 1.82) is 0 Å². The van der Waals surface area contributed by atoms with E-state index in [0.29, 0.717) is 6.42 Å². The highest BCUT2D eigenvalue weighted by molar-refractivity contribution is 9.10. The van der Waals surface area contributed by atoms with Crippen molar-refractivity contribution in [2.24, 2.45) is 0 Å². The van der Waals surface area contributed by atoms with Gasteiger partial charge in [-0.15, -0.1) is 11.3 Å². The lowest BCUT2D eigenvalue weighted by atomic mass is 9.75. The molecule has 0 bridgehead atoms. The molecule has 2 aromatic rings. The van der Waals surface area contributed by atoms with E-state index in [-0.39, 0.29) is 5.60 Å². The lowest BCUT2D eigenvalue weighted by Crippen LogP contribution is -2.40. The van der Waals surface area contributed by atoms with Crippen molar-refractivity contribution in [3.63, 3.8) is 0 Å². The molecule has 0 aliphatic heterocycles. The molecule has 1 aromatic heterocycles. The molecule has 0 amide bonds. The molecule has 1 fully saturated rings. The Kier molecular flexibility index (Phi) is 3.69. The van der Waals surface area contributed by atoms with E-state index >= 15 is 0 Å². The van der Waals surface area contributed by atoms with Gasteiger partial charge in [-0.2, -0.15) is 0 Å². The molecule has 0 radical (unpaired) electrons. The molecule has 1 unspecified atom stereocenters. The molecule has 1 N–H and O–H groups in total. The highest BCUT2D eigenvalue weighted by Crippen LogP contribution is 2.44. The zero-order chi connectivity index (χ0) is 13.5. The van der Waals surface area contributed by atoms with Crippen LogP contribution in [0.4, 0.5) is 0 Å². The van der Waals surface area contributed by atoms with Crippen LogP contribution in [-0.2, 0) is 4.74 Å². The van der Waals surface area contributed by atoms with Gasteiger partial charge in [0.05, 0.1) is 11.7 Å². The number of hydrogen-bond acceptors (Lipinski definition) is 3. The van der Waals surface area contributed by atoms with Gasteiger partial charge in [-0.05, 0) is 57.6 Å².